The van der Waals surface area contributed by atoms with Gasteiger partial charge in [-0.2, -0.15) is 0 Å². The van der Waals surface area contributed by atoms with Gasteiger partial charge in [0.15, 0.2) is 0 Å². The summed E-state index contributed by atoms with van der Waals surface area (Å²) in [4.78, 5) is 2.55. The van der Waals surface area contributed by atoms with Crippen LogP contribution in [0.25, 0.3) is 0 Å². The highest BCUT2D eigenvalue weighted by Gasteiger charge is 2.25. The normalized spacial score (nSPS) is 27.0. The van der Waals surface area contributed by atoms with Crippen LogP contribution >= 0.6 is 0 Å². The second kappa shape index (κ2) is 8.08. The van der Waals surface area contributed by atoms with Gasteiger partial charge in [-0.3, -0.25) is 0 Å². The van der Waals surface area contributed by atoms with Gasteiger partial charge in [0.25, 0.3) is 0 Å². The molecular weight excluding hydrogens is 198 g/mol. The number of unbranched alkanes of at least 4 members (excludes halogenated alkanes) is 1. The molecule has 2 nitrogen and oxygen atoms in total. The zero-order valence-corrected chi connectivity index (χ0v) is 11.1. The van der Waals surface area contributed by atoms with Crippen molar-refractivity contribution in [1.29, 1.82) is 0 Å². The van der Waals surface area contributed by atoms with E-state index in [2.05, 4.69) is 18.9 Å². The van der Waals surface area contributed by atoms with Crippen molar-refractivity contribution >= 4 is 0 Å². The molecule has 16 heavy (non-hydrogen) atoms. The largest absolute Gasteiger partial charge is 0.396 e. The highest BCUT2D eigenvalue weighted by atomic mass is 16.2. The number of nitrogens with zero attached hydrogens (tertiary/aromatic N) is 1. The molecule has 0 bridgehead atoms. The molecule has 1 aliphatic rings. The van der Waals surface area contributed by atoms with Crippen LogP contribution in [0.2, 0.25) is 0 Å². The van der Waals surface area contributed by atoms with E-state index in [-0.39, 0.29) is 0 Å². The zero-order chi connectivity index (χ0) is 11.8. The first-order valence-corrected chi connectivity index (χ1v) is 7.10. The zero-order valence-electron chi connectivity index (χ0n) is 11.1. The summed E-state index contributed by atoms with van der Waals surface area (Å²) in [7, 11) is 2.27. The summed E-state index contributed by atoms with van der Waals surface area (Å²) < 4.78 is 0. The second-order valence-electron chi connectivity index (χ2n) is 5.29. The third-order valence-electron chi connectivity index (χ3n) is 4.13. The van der Waals surface area contributed by atoms with Crippen LogP contribution in [-0.2, 0) is 0 Å². The summed E-state index contributed by atoms with van der Waals surface area (Å²) in [5.74, 6) is 0.904. The van der Waals surface area contributed by atoms with Gasteiger partial charge in [0, 0.05) is 12.6 Å². The maximum Gasteiger partial charge on any atom is 0.0431 e. The van der Waals surface area contributed by atoms with Crippen LogP contribution in [0.1, 0.15) is 58.3 Å². The van der Waals surface area contributed by atoms with Crippen molar-refractivity contribution in [3.63, 3.8) is 0 Å². The van der Waals surface area contributed by atoms with Gasteiger partial charge in [-0.25, -0.2) is 0 Å². The fraction of sp³-hybridized carbons (Fsp3) is 1.00. The summed E-state index contributed by atoms with van der Waals surface area (Å²) in [6.45, 7) is 3.84. The molecule has 2 unspecified atom stereocenters. The predicted molar refractivity (Wildman–Crippen MR) is 69.6 cm³/mol. The second-order valence-corrected chi connectivity index (χ2v) is 5.29. The Kier molecular flexibility index (Phi) is 7.06. The molecule has 2 atom stereocenters. The minimum absolute atomic E-state index is 0.343. The summed E-state index contributed by atoms with van der Waals surface area (Å²) in [6.07, 6.45) is 10.5. The van der Waals surface area contributed by atoms with Gasteiger partial charge in [-0.15, -0.1) is 0 Å². The molecule has 1 rings (SSSR count). The lowest BCUT2D eigenvalue weighted by atomic mass is 9.91. The van der Waals surface area contributed by atoms with Gasteiger partial charge in [0.05, 0.1) is 0 Å². The van der Waals surface area contributed by atoms with Crippen LogP contribution in [0.3, 0.4) is 0 Å². The van der Waals surface area contributed by atoms with Crippen molar-refractivity contribution in [2.24, 2.45) is 5.92 Å². The van der Waals surface area contributed by atoms with E-state index in [1.807, 2.05) is 0 Å². The van der Waals surface area contributed by atoms with E-state index >= 15 is 0 Å². The first kappa shape index (κ1) is 14.0. The molecule has 1 saturated carbocycles. The van der Waals surface area contributed by atoms with Gasteiger partial charge in [0.2, 0.25) is 0 Å². The lowest BCUT2D eigenvalue weighted by Crippen LogP contribution is -2.37. The number of hydrogen-bond acceptors (Lipinski definition) is 2. The van der Waals surface area contributed by atoms with Gasteiger partial charge in [-0.1, -0.05) is 32.6 Å². The van der Waals surface area contributed by atoms with E-state index in [0.29, 0.717) is 6.61 Å². The van der Waals surface area contributed by atoms with Crippen LogP contribution < -0.4 is 0 Å². The Morgan fingerprint density at radius 2 is 1.88 bits per heavy atom. The minimum Gasteiger partial charge on any atom is -0.396 e. The SMILES string of the molecule is CCC1CCCCCC1N(C)CCCCO. The van der Waals surface area contributed by atoms with Crippen molar-refractivity contribution in [3.8, 4) is 0 Å². The molecule has 0 radical (unpaired) electrons. The van der Waals surface area contributed by atoms with Crippen molar-refractivity contribution in [2.75, 3.05) is 20.2 Å². The molecule has 0 aromatic heterocycles. The van der Waals surface area contributed by atoms with Crippen molar-refractivity contribution in [2.45, 2.75) is 64.3 Å². The fourth-order valence-corrected chi connectivity index (χ4v) is 3.06. The number of aliphatic hydroxyl groups excluding tert-OH is 1. The van der Waals surface area contributed by atoms with E-state index in [4.69, 9.17) is 5.11 Å². The lowest BCUT2D eigenvalue weighted by molar-refractivity contribution is 0.155. The van der Waals surface area contributed by atoms with Crippen molar-refractivity contribution < 1.29 is 5.11 Å². The van der Waals surface area contributed by atoms with Crippen LogP contribution in [0.5, 0.6) is 0 Å². The quantitative estimate of drug-likeness (QED) is 0.557. The summed E-state index contributed by atoms with van der Waals surface area (Å²) >= 11 is 0. The Morgan fingerprint density at radius 1 is 1.12 bits per heavy atom. The van der Waals surface area contributed by atoms with Crippen molar-refractivity contribution in [1.82, 2.24) is 4.90 Å². The third-order valence-corrected chi connectivity index (χ3v) is 4.13. The molecule has 0 aliphatic heterocycles. The number of hydrogen-bond donors (Lipinski definition) is 1. The Labute approximate surface area is 101 Å². The highest BCUT2D eigenvalue weighted by molar-refractivity contribution is 4.79. The van der Waals surface area contributed by atoms with Crippen LogP contribution in [-0.4, -0.2) is 36.2 Å². The summed E-state index contributed by atoms with van der Waals surface area (Å²) in [5, 5.41) is 8.81. The van der Waals surface area contributed by atoms with Crippen molar-refractivity contribution in [3.05, 3.63) is 0 Å². The molecule has 96 valence electrons. The Bertz CT molecular complexity index is 172. The van der Waals surface area contributed by atoms with E-state index in [1.54, 1.807) is 0 Å². The molecule has 1 N–H and O–H groups in total. The predicted octanol–water partition coefficient (Wildman–Crippen LogP) is 3.05. The molecule has 0 heterocycles. The standard InChI is InChI=1S/C14H29NO/c1-3-13-9-5-4-6-10-14(13)15(2)11-7-8-12-16/h13-14,16H,3-12H2,1-2H3. The molecule has 0 saturated heterocycles. The summed E-state index contributed by atoms with van der Waals surface area (Å²) in [5.41, 5.74) is 0. The maximum atomic E-state index is 8.81. The van der Waals surface area contributed by atoms with E-state index in [1.165, 1.54) is 38.5 Å². The molecular formula is C14H29NO. The lowest BCUT2D eigenvalue weighted by Gasteiger charge is -2.33. The molecule has 2 heteroatoms. The van der Waals surface area contributed by atoms with Crippen LogP contribution in [0.15, 0.2) is 0 Å². The first-order chi connectivity index (χ1) is 7.79. The Morgan fingerprint density at radius 3 is 2.56 bits per heavy atom. The monoisotopic (exact) mass is 227 g/mol. The minimum atomic E-state index is 0.343. The maximum absolute atomic E-state index is 8.81. The third kappa shape index (κ3) is 4.42. The molecule has 0 aromatic carbocycles. The van der Waals surface area contributed by atoms with E-state index in [9.17, 15) is 0 Å². The van der Waals surface area contributed by atoms with Gasteiger partial charge < -0.3 is 10.0 Å². The molecule has 1 fully saturated rings. The molecule has 0 aromatic rings. The molecule has 0 spiro atoms. The fourth-order valence-electron chi connectivity index (χ4n) is 3.06. The Hall–Kier alpha value is -0.0800. The Balaban J connectivity index is 2.39. The van der Waals surface area contributed by atoms with Gasteiger partial charge in [0.1, 0.15) is 0 Å². The van der Waals surface area contributed by atoms with Gasteiger partial charge >= 0.3 is 0 Å². The van der Waals surface area contributed by atoms with Crippen LogP contribution in [0.4, 0.5) is 0 Å². The smallest absolute Gasteiger partial charge is 0.0431 e. The van der Waals surface area contributed by atoms with Crippen LogP contribution in [0, 0.1) is 5.92 Å². The number of rotatable bonds is 6. The highest BCUT2D eigenvalue weighted by Crippen LogP contribution is 2.29. The topological polar surface area (TPSA) is 23.5 Å². The summed E-state index contributed by atoms with van der Waals surface area (Å²) in [6, 6.07) is 0.797. The average Bonchev–Trinajstić information content (AvgIpc) is 2.54. The molecule has 0 amide bonds. The molecule has 1 aliphatic carbocycles. The first-order valence-electron chi connectivity index (χ1n) is 7.10. The average molecular weight is 227 g/mol. The number of aliphatic hydroxyl groups is 1. The van der Waals surface area contributed by atoms with E-state index < -0.39 is 0 Å². The van der Waals surface area contributed by atoms with Gasteiger partial charge in [-0.05, 0) is 45.2 Å². The van der Waals surface area contributed by atoms with E-state index in [0.717, 1.165) is 31.3 Å².